The van der Waals surface area contributed by atoms with Gasteiger partial charge in [-0.3, -0.25) is 9.59 Å². The van der Waals surface area contributed by atoms with Crippen LogP contribution >= 0.6 is 15.9 Å². The summed E-state index contributed by atoms with van der Waals surface area (Å²) < 4.78 is 2.59. The van der Waals surface area contributed by atoms with E-state index in [2.05, 4.69) is 31.7 Å². The van der Waals surface area contributed by atoms with Gasteiger partial charge in [0.2, 0.25) is 5.91 Å². The monoisotopic (exact) mass is 452 g/mol. The van der Waals surface area contributed by atoms with E-state index < -0.39 is 6.04 Å². The van der Waals surface area contributed by atoms with Crippen LogP contribution in [0, 0.1) is 0 Å². The molecule has 1 aliphatic carbocycles. The van der Waals surface area contributed by atoms with Crippen LogP contribution in [0.2, 0.25) is 0 Å². The Morgan fingerprint density at radius 2 is 1.83 bits per heavy atom. The Morgan fingerprint density at radius 3 is 2.45 bits per heavy atom. The van der Waals surface area contributed by atoms with E-state index >= 15 is 0 Å². The molecule has 1 saturated carbocycles. The van der Waals surface area contributed by atoms with Crippen LogP contribution in [-0.2, 0) is 11.2 Å². The minimum absolute atomic E-state index is 0.136. The highest BCUT2D eigenvalue weighted by Crippen LogP contribution is 2.19. The second-order valence-electron chi connectivity index (χ2n) is 7.15. The Hall–Kier alpha value is -2.93. The second-order valence-corrected chi connectivity index (χ2v) is 8.06. The third-order valence-corrected chi connectivity index (χ3v) is 5.18. The first kappa shape index (κ1) is 19.4. The van der Waals surface area contributed by atoms with Crippen LogP contribution in [0.4, 0.5) is 0 Å². The Labute approximate surface area is 177 Å². The first-order valence-corrected chi connectivity index (χ1v) is 10.3. The van der Waals surface area contributed by atoms with E-state index in [0.29, 0.717) is 12.0 Å². The lowest BCUT2D eigenvalue weighted by Gasteiger charge is -2.19. The lowest BCUT2D eigenvalue weighted by atomic mass is 10.0. The molecule has 0 radical (unpaired) electrons. The van der Waals surface area contributed by atoms with Gasteiger partial charge in [0.25, 0.3) is 5.91 Å². The van der Waals surface area contributed by atoms with Crippen LogP contribution in [0.3, 0.4) is 0 Å². The zero-order valence-corrected chi connectivity index (χ0v) is 17.3. The van der Waals surface area contributed by atoms with Crippen LogP contribution in [0.25, 0.3) is 5.69 Å². The maximum Gasteiger partial charge on any atom is 0.251 e. The van der Waals surface area contributed by atoms with Crippen molar-refractivity contribution in [2.24, 2.45) is 0 Å². The maximum atomic E-state index is 12.8. The molecule has 1 unspecified atom stereocenters. The van der Waals surface area contributed by atoms with Crippen molar-refractivity contribution in [1.29, 1.82) is 0 Å². The fourth-order valence-electron chi connectivity index (χ4n) is 3.04. The van der Waals surface area contributed by atoms with E-state index in [0.717, 1.165) is 28.6 Å². The summed E-state index contributed by atoms with van der Waals surface area (Å²) in [6, 6.07) is 16.4. The summed E-state index contributed by atoms with van der Waals surface area (Å²) in [4.78, 5) is 25.4. The molecule has 3 aromatic rings. The number of benzene rings is 2. The summed E-state index contributed by atoms with van der Waals surface area (Å²) in [7, 11) is 0. The summed E-state index contributed by atoms with van der Waals surface area (Å²) in [6.45, 7) is 0. The minimum Gasteiger partial charge on any atom is -0.352 e. The van der Waals surface area contributed by atoms with Gasteiger partial charge in [0.15, 0.2) is 0 Å². The molecule has 0 spiro atoms. The molecule has 7 heteroatoms. The number of hydrogen-bond donors (Lipinski definition) is 2. The van der Waals surface area contributed by atoms with Gasteiger partial charge < -0.3 is 10.6 Å². The maximum absolute atomic E-state index is 12.8. The highest BCUT2D eigenvalue weighted by Gasteiger charge is 2.28. The van der Waals surface area contributed by atoms with Crippen molar-refractivity contribution in [1.82, 2.24) is 20.4 Å². The number of halogens is 1. The van der Waals surface area contributed by atoms with Crippen molar-refractivity contribution in [3.05, 3.63) is 82.6 Å². The van der Waals surface area contributed by atoms with Crippen LogP contribution < -0.4 is 10.6 Å². The standard InChI is InChI=1S/C22H21BrN4O2/c23-17-13-24-27(14-17)19-10-6-16(7-11-19)21(28)26-20(22(29)25-18-8-9-18)12-15-4-2-1-3-5-15/h1-7,10-11,13-14,18,20H,8-9,12H2,(H,25,29)(H,26,28). The normalized spacial score (nSPS) is 14.2. The number of amides is 2. The predicted octanol–water partition coefficient (Wildman–Crippen LogP) is 3.25. The molecule has 1 atom stereocenters. The number of hydrogen-bond acceptors (Lipinski definition) is 3. The van der Waals surface area contributed by atoms with Crippen molar-refractivity contribution in [2.75, 3.05) is 0 Å². The average molecular weight is 453 g/mol. The van der Waals surface area contributed by atoms with Gasteiger partial charge in [0.05, 0.1) is 16.4 Å². The Kier molecular flexibility index (Phi) is 5.76. The molecule has 0 bridgehead atoms. The molecule has 1 aromatic heterocycles. The number of rotatable bonds is 7. The molecule has 2 N–H and O–H groups in total. The van der Waals surface area contributed by atoms with Crippen molar-refractivity contribution < 1.29 is 9.59 Å². The lowest BCUT2D eigenvalue weighted by Crippen LogP contribution is -2.48. The van der Waals surface area contributed by atoms with Gasteiger partial charge in [-0.15, -0.1) is 0 Å². The second kappa shape index (κ2) is 8.61. The highest BCUT2D eigenvalue weighted by atomic mass is 79.9. The number of aromatic nitrogens is 2. The van der Waals surface area contributed by atoms with E-state index in [1.54, 1.807) is 23.0 Å². The molecular formula is C22H21BrN4O2. The van der Waals surface area contributed by atoms with Crippen LogP contribution in [0.15, 0.2) is 71.5 Å². The van der Waals surface area contributed by atoms with E-state index in [9.17, 15) is 9.59 Å². The fraction of sp³-hybridized carbons (Fsp3) is 0.227. The predicted molar refractivity (Wildman–Crippen MR) is 114 cm³/mol. The van der Waals surface area contributed by atoms with Crippen LogP contribution in [-0.4, -0.2) is 33.7 Å². The van der Waals surface area contributed by atoms with E-state index in [-0.39, 0.29) is 17.9 Å². The summed E-state index contributed by atoms with van der Waals surface area (Å²) in [6.07, 6.45) is 6.00. The number of nitrogens with zero attached hydrogens (tertiary/aromatic N) is 2. The summed E-state index contributed by atoms with van der Waals surface area (Å²) in [5.74, 6) is -0.409. The molecule has 4 rings (SSSR count). The highest BCUT2D eigenvalue weighted by molar-refractivity contribution is 9.10. The SMILES string of the molecule is O=C(NC(Cc1ccccc1)C(=O)NC1CC1)c1ccc(-n2cc(Br)cn2)cc1. The lowest BCUT2D eigenvalue weighted by molar-refractivity contribution is -0.123. The molecule has 1 aliphatic rings. The number of carbonyl (C=O) groups excluding carboxylic acids is 2. The number of nitrogens with one attached hydrogen (secondary N) is 2. The first-order chi connectivity index (χ1) is 14.1. The van der Waals surface area contributed by atoms with Gasteiger partial charge in [-0.05, 0) is 58.6 Å². The van der Waals surface area contributed by atoms with Crippen LogP contribution in [0.5, 0.6) is 0 Å². The summed E-state index contributed by atoms with van der Waals surface area (Å²) >= 11 is 3.37. The molecule has 29 heavy (non-hydrogen) atoms. The van der Waals surface area contributed by atoms with Gasteiger partial charge in [-0.25, -0.2) is 4.68 Å². The van der Waals surface area contributed by atoms with Crippen molar-refractivity contribution in [3.63, 3.8) is 0 Å². The molecule has 1 fully saturated rings. The van der Waals surface area contributed by atoms with Crippen LogP contribution in [0.1, 0.15) is 28.8 Å². The third-order valence-electron chi connectivity index (χ3n) is 4.77. The Bertz CT molecular complexity index is 997. The first-order valence-electron chi connectivity index (χ1n) is 9.54. The quantitative estimate of drug-likeness (QED) is 0.577. The van der Waals surface area contributed by atoms with E-state index in [4.69, 9.17) is 0 Å². The van der Waals surface area contributed by atoms with Gasteiger partial charge in [-0.1, -0.05) is 30.3 Å². The molecule has 148 valence electrons. The number of carbonyl (C=O) groups is 2. The zero-order valence-electron chi connectivity index (χ0n) is 15.7. The van der Waals surface area contributed by atoms with E-state index in [1.807, 2.05) is 48.7 Å². The molecule has 2 amide bonds. The largest absolute Gasteiger partial charge is 0.352 e. The Morgan fingerprint density at radius 1 is 1.10 bits per heavy atom. The van der Waals surface area contributed by atoms with Crippen molar-refractivity contribution in [2.45, 2.75) is 31.3 Å². The molecular weight excluding hydrogens is 432 g/mol. The van der Waals surface area contributed by atoms with Gasteiger partial charge in [0.1, 0.15) is 6.04 Å². The topological polar surface area (TPSA) is 76.0 Å². The van der Waals surface area contributed by atoms with Gasteiger partial charge in [-0.2, -0.15) is 5.10 Å². The summed E-state index contributed by atoms with van der Waals surface area (Å²) in [5.41, 5.74) is 2.35. The van der Waals surface area contributed by atoms with Gasteiger partial charge in [0, 0.05) is 24.2 Å². The molecule has 2 aromatic carbocycles. The molecule has 0 saturated heterocycles. The zero-order chi connectivity index (χ0) is 20.2. The molecule has 6 nitrogen and oxygen atoms in total. The van der Waals surface area contributed by atoms with Gasteiger partial charge >= 0.3 is 0 Å². The molecule has 0 aliphatic heterocycles. The fourth-order valence-corrected chi connectivity index (χ4v) is 3.32. The summed E-state index contributed by atoms with van der Waals surface area (Å²) in [5, 5.41) is 10.1. The average Bonchev–Trinajstić information content (AvgIpc) is 3.45. The van der Waals surface area contributed by atoms with E-state index in [1.165, 1.54) is 0 Å². The third kappa shape index (κ3) is 5.12. The smallest absolute Gasteiger partial charge is 0.251 e. The van der Waals surface area contributed by atoms with Crippen molar-refractivity contribution >= 4 is 27.7 Å². The molecule has 1 heterocycles. The van der Waals surface area contributed by atoms with Crippen molar-refractivity contribution in [3.8, 4) is 5.69 Å². The minimum atomic E-state index is -0.618. The Balaban J connectivity index is 1.46.